The quantitative estimate of drug-likeness (QED) is 0.300. The van der Waals surface area contributed by atoms with E-state index in [-0.39, 0.29) is 42.8 Å². The summed E-state index contributed by atoms with van der Waals surface area (Å²) in [5.74, 6) is 0.383. The average Bonchev–Trinajstić information content (AvgIpc) is 3.42. The van der Waals surface area contributed by atoms with Crippen LogP contribution in [0.2, 0.25) is 0 Å². The number of phenols is 1. The number of carbonyl (C=O) groups is 3. The van der Waals surface area contributed by atoms with Crippen molar-refractivity contribution in [3.63, 3.8) is 0 Å². The number of fused-ring (bicyclic) bond motifs is 1. The molecule has 1 saturated heterocycles. The second-order valence-electron chi connectivity index (χ2n) is 9.17. The summed E-state index contributed by atoms with van der Waals surface area (Å²) >= 11 is 0. The predicted molar refractivity (Wildman–Crippen MR) is 142 cm³/mol. The summed E-state index contributed by atoms with van der Waals surface area (Å²) in [5.41, 5.74) is 8.96. The standard InChI is InChI=1S/C27H30N6O5/c1-16-11-21-22(13-20(16)26(36)33-8-3-4-9-33)30-15-31-25(21)29-14-19-12-18(5-6-23(19)35)24(28)32-27(37)38-10-7-17(2)34/h5-6,11-13,15,35H,3-4,7-10,14H2,1-2H3,(H2,28,32,37)(H,29,30,31). The van der Waals surface area contributed by atoms with Crippen LogP contribution < -0.4 is 11.1 Å². The van der Waals surface area contributed by atoms with E-state index in [0.29, 0.717) is 28.0 Å². The van der Waals surface area contributed by atoms with Gasteiger partial charge in [0.1, 0.15) is 36.1 Å². The number of Topliss-reactive ketones (excluding diaryl/α,β-unsaturated/α-hetero) is 1. The molecular formula is C27H30N6O5. The molecule has 0 unspecified atom stereocenters. The molecular weight excluding hydrogens is 488 g/mol. The van der Waals surface area contributed by atoms with E-state index in [1.807, 2.05) is 17.9 Å². The molecule has 0 aliphatic carbocycles. The maximum absolute atomic E-state index is 13.0. The molecule has 11 nitrogen and oxygen atoms in total. The first kappa shape index (κ1) is 26.5. The van der Waals surface area contributed by atoms with Crippen molar-refractivity contribution >= 4 is 40.3 Å². The number of nitrogens with two attached hydrogens (primary N) is 1. The van der Waals surface area contributed by atoms with Crippen molar-refractivity contribution in [2.75, 3.05) is 25.0 Å². The number of aromatic nitrogens is 2. The molecule has 1 aliphatic rings. The number of carbonyl (C=O) groups excluding carboxylic acids is 3. The van der Waals surface area contributed by atoms with E-state index in [4.69, 9.17) is 10.5 Å². The van der Waals surface area contributed by atoms with Crippen LogP contribution in [0, 0.1) is 6.92 Å². The zero-order valence-electron chi connectivity index (χ0n) is 21.4. The lowest BCUT2D eigenvalue weighted by Crippen LogP contribution is -2.28. The summed E-state index contributed by atoms with van der Waals surface area (Å²) in [5, 5.41) is 14.3. The number of rotatable bonds is 8. The molecule has 4 N–H and O–H groups in total. The van der Waals surface area contributed by atoms with Gasteiger partial charge < -0.3 is 25.8 Å². The number of anilines is 1. The van der Waals surface area contributed by atoms with E-state index >= 15 is 0 Å². The van der Waals surface area contributed by atoms with Gasteiger partial charge in [-0.3, -0.25) is 9.59 Å². The Kier molecular flexibility index (Phi) is 8.15. The molecule has 4 rings (SSSR count). The van der Waals surface area contributed by atoms with Crippen LogP contribution >= 0.6 is 0 Å². The zero-order valence-corrected chi connectivity index (χ0v) is 21.4. The van der Waals surface area contributed by atoms with E-state index < -0.39 is 6.09 Å². The molecule has 2 heterocycles. The van der Waals surface area contributed by atoms with E-state index in [2.05, 4.69) is 20.3 Å². The van der Waals surface area contributed by atoms with Crippen LogP contribution in [0.1, 0.15) is 53.2 Å². The number of amidine groups is 1. The lowest BCUT2D eigenvalue weighted by atomic mass is 10.0. The largest absolute Gasteiger partial charge is 0.508 e. The minimum absolute atomic E-state index is 0.0127. The highest BCUT2D eigenvalue weighted by Gasteiger charge is 2.22. The highest BCUT2D eigenvalue weighted by atomic mass is 16.5. The third kappa shape index (κ3) is 6.23. The summed E-state index contributed by atoms with van der Waals surface area (Å²) in [7, 11) is 0. The molecule has 1 fully saturated rings. The van der Waals surface area contributed by atoms with Crippen LogP contribution in [0.15, 0.2) is 41.7 Å². The molecule has 11 heteroatoms. The Morgan fingerprint density at radius 2 is 1.92 bits per heavy atom. The Balaban J connectivity index is 1.50. The molecule has 2 amide bonds. The number of ketones is 1. The molecule has 0 atom stereocenters. The second-order valence-corrected chi connectivity index (χ2v) is 9.17. The Labute approximate surface area is 219 Å². The second kappa shape index (κ2) is 11.7. The maximum atomic E-state index is 13.0. The summed E-state index contributed by atoms with van der Waals surface area (Å²) in [6.45, 7) is 4.95. The van der Waals surface area contributed by atoms with Crippen LogP contribution in [-0.4, -0.2) is 63.3 Å². The fourth-order valence-electron chi connectivity index (χ4n) is 4.22. The van der Waals surface area contributed by atoms with Gasteiger partial charge in [-0.05, 0) is 62.6 Å². The lowest BCUT2D eigenvalue weighted by molar-refractivity contribution is -0.117. The van der Waals surface area contributed by atoms with Crippen molar-refractivity contribution in [2.45, 2.75) is 39.7 Å². The van der Waals surface area contributed by atoms with Crippen LogP contribution in [0.4, 0.5) is 10.6 Å². The van der Waals surface area contributed by atoms with E-state index in [0.717, 1.165) is 36.9 Å². The fourth-order valence-corrected chi connectivity index (χ4v) is 4.22. The molecule has 2 aromatic carbocycles. The first-order valence-electron chi connectivity index (χ1n) is 12.3. The van der Waals surface area contributed by atoms with Crippen LogP contribution in [0.5, 0.6) is 5.75 Å². The molecule has 38 heavy (non-hydrogen) atoms. The number of ether oxygens (including phenoxy) is 1. The van der Waals surface area contributed by atoms with Gasteiger partial charge in [0, 0.05) is 48.1 Å². The molecule has 0 saturated carbocycles. The Morgan fingerprint density at radius 3 is 2.66 bits per heavy atom. The summed E-state index contributed by atoms with van der Waals surface area (Å²) in [6.07, 6.45) is 2.66. The molecule has 0 bridgehead atoms. The van der Waals surface area contributed by atoms with Gasteiger partial charge >= 0.3 is 6.09 Å². The Morgan fingerprint density at radius 1 is 1.16 bits per heavy atom. The molecule has 198 valence electrons. The molecule has 0 radical (unpaired) electrons. The fraction of sp³-hybridized carbons (Fsp3) is 0.333. The van der Waals surface area contributed by atoms with E-state index in [1.165, 1.54) is 25.4 Å². The van der Waals surface area contributed by atoms with Crippen molar-refractivity contribution in [3.8, 4) is 5.75 Å². The molecule has 3 aromatic rings. The van der Waals surface area contributed by atoms with Crippen molar-refractivity contribution in [2.24, 2.45) is 10.7 Å². The minimum Gasteiger partial charge on any atom is -0.508 e. The smallest absolute Gasteiger partial charge is 0.435 e. The number of hydrogen-bond acceptors (Lipinski definition) is 8. The SMILES string of the molecule is CC(=O)CCOC(=O)/N=C(\N)c1ccc(O)c(CNc2ncnc3cc(C(=O)N4CCCC4)c(C)cc23)c1. The van der Waals surface area contributed by atoms with Crippen molar-refractivity contribution in [1.29, 1.82) is 0 Å². The molecule has 0 spiro atoms. The number of likely N-dealkylation sites (tertiary alicyclic amines) is 1. The average molecular weight is 519 g/mol. The zero-order chi connectivity index (χ0) is 27.2. The summed E-state index contributed by atoms with van der Waals surface area (Å²) < 4.78 is 4.88. The summed E-state index contributed by atoms with van der Waals surface area (Å²) in [4.78, 5) is 50.1. The van der Waals surface area contributed by atoms with Crippen LogP contribution in [0.25, 0.3) is 10.9 Å². The number of nitrogens with one attached hydrogen (secondary N) is 1. The van der Waals surface area contributed by atoms with Crippen molar-refractivity contribution < 1.29 is 24.2 Å². The van der Waals surface area contributed by atoms with Gasteiger partial charge in [0.2, 0.25) is 0 Å². The highest BCUT2D eigenvalue weighted by molar-refractivity contribution is 6.03. The number of nitrogens with zero attached hydrogens (tertiary/aromatic N) is 4. The number of amides is 2. The molecule has 1 aromatic heterocycles. The van der Waals surface area contributed by atoms with Gasteiger partial charge in [-0.15, -0.1) is 0 Å². The van der Waals surface area contributed by atoms with E-state index in [1.54, 1.807) is 12.1 Å². The third-order valence-corrected chi connectivity index (χ3v) is 6.32. The Bertz CT molecular complexity index is 1410. The number of phenolic OH excluding ortho intramolecular Hbond substituents is 1. The van der Waals surface area contributed by atoms with Gasteiger partial charge in [-0.25, -0.2) is 14.8 Å². The summed E-state index contributed by atoms with van der Waals surface area (Å²) in [6, 6.07) is 8.27. The van der Waals surface area contributed by atoms with Crippen molar-refractivity contribution in [1.82, 2.24) is 14.9 Å². The number of hydrogen-bond donors (Lipinski definition) is 3. The van der Waals surface area contributed by atoms with Crippen LogP contribution in [-0.2, 0) is 16.1 Å². The van der Waals surface area contributed by atoms with E-state index in [9.17, 15) is 19.5 Å². The highest BCUT2D eigenvalue weighted by Crippen LogP contribution is 2.27. The Hall–Kier alpha value is -4.54. The number of benzene rings is 2. The first-order chi connectivity index (χ1) is 18.2. The number of aliphatic imine (C=N–C) groups is 1. The van der Waals surface area contributed by atoms with Crippen LogP contribution in [0.3, 0.4) is 0 Å². The third-order valence-electron chi connectivity index (χ3n) is 6.32. The number of aromatic hydroxyl groups is 1. The van der Waals surface area contributed by atoms with Gasteiger partial charge in [0.25, 0.3) is 5.91 Å². The minimum atomic E-state index is -0.901. The van der Waals surface area contributed by atoms with Crippen molar-refractivity contribution in [3.05, 3.63) is 58.9 Å². The first-order valence-corrected chi connectivity index (χ1v) is 12.3. The monoisotopic (exact) mass is 518 g/mol. The van der Waals surface area contributed by atoms with Gasteiger partial charge in [0.15, 0.2) is 0 Å². The number of aryl methyl sites for hydroxylation is 1. The van der Waals surface area contributed by atoms with Gasteiger partial charge in [0.05, 0.1) is 5.52 Å². The lowest BCUT2D eigenvalue weighted by Gasteiger charge is -2.17. The van der Waals surface area contributed by atoms with Gasteiger partial charge in [-0.2, -0.15) is 4.99 Å². The van der Waals surface area contributed by atoms with Gasteiger partial charge in [-0.1, -0.05) is 0 Å². The maximum Gasteiger partial charge on any atom is 0.435 e. The topological polar surface area (TPSA) is 160 Å². The predicted octanol–water partition coefficient (Wildman–Crippen LogP) is 3.31. The molecule has 1 aliphatic heterocycles. The normalized spacial score (nSPS) is 13.5.